The van der Waals surface area contributed by atoms with Gasteiger partial charge in [0.15, 0.2) is 0 Å². The monoisotopic (exact) mass is 547 g/mol. The summed E-state index contributed by atoms with van der Waals surface area (Å²) in [4.78, 5) is 32.3. The molecule has 1 aromatic heterocycles. The summed E-state index contributed by atoms with van der Waals surface area (Å²) >= 11 is 1.41. The number of fused-ring (bicyclic) bond motifs is 1. The summed E-state index contributed by atoms with van der Waals surface area (Å²) in [7, 11) is 0. The fourth-order valence-corrected chi connectivity index (χ4v) is 5.94. The zero-order valence-electron chi connectivity index (χ0n) is 22.9. The number of carbonyl (C=O) groups excluding carboxylic acids is 2. The third kappa shape index (κ3) is 6.68. The van der Waals surface area contributed by atoms with Crippen LogP contribution in [0, 0.1) is 12.8 Å². The van der Waals surface area contributed by atoms with Crippen molar-refractivity contribution in [3.8, 4) is 5.75 Å². The number of nitrogens with one attached hydrogen (secondary N) is 1. The van der Waals surface area contributed by atoms with Crippen LogP contribution in [0.25, 0.3) is 0 Å². The molecule has 2 aliphatic heterocycles. The first-order chi connectivity index (χ1) is 18.9. The van der Waals surface area contributed by atoms with Gasteiger partial charge >= 0.3 is 0 Å². The lowest BCUT2D eigenvalue weighted by Crippen LogP contribution is -2.41. The molecule has 1 fully saturated rings. The van der Waals surface area contributed by atoms with Gasteiger partial charge in [-0.1, -0.05) is 49.7 Å². The topological polar surface area (TPSA) is 80.8 Å². The summed E-state index contributed by atoms with van der Waals surface area (Å²) in [5, 5.41) is 5.42. The van der Waals surface area contributed by atoms with Crippen LogP contribution in [0.3, 0.4) is 0 Å². The Morgan fingerprint density at radius 2 is 2.03 bits per heavy atom. The maximum atomic E-state index is 13.3. The van der Waals surface area contributed by atoms with E-state index in [9.17, 15) is 9.59 Å². The molecular formula is C31H37N3O4S. The van der Waals surface area contributed by atoms with Crippen molar-refractivity contribution < 1.29 is 19.1 Å². The Balaban J connectivity index is 1.30. The Morgan fingerprint density at radius 3 is 2.77 bits per heavy atom. The van der Waals surface area contributed by atoms with Crippen molar-refractivity contribution in [3.63, 3.8) is 0 Å². The predicted molar refractivity (Wildman–Crippen MR) is 152 cm³/mol. The Kier molecular flexibility index (Phi) is 8.63. The van der Waals surface area contributed by atoms with Gasteiger partial charge in [0.05, 0.1) is 12.1 Å². The second-order valence-electron chi connectivity index (χ2n) is 10.9. The molecule has 0 bridgehead atoms. The molecule has 0 unspecified atom stereocenters. The Bertz CT molecular complexity index is 1300. The second kappa shape index (κ2) is 12.3. The van der Waals surface area contributed by atoms with Gasteiger partial charge in [-0.25, -0.2) is 4.98 Å². The van der Waals surface area contributed by atoms with Crippen molar-refractivity contribution in [3.05, 3.63) is 80.8 Å². The first-order valence-corrected chi connectivity index (χ1v) is 14.7. The highest BCUT2D eigenvalue weighted by Crippen LogP contribution is 2.38. The maximum absolute atomic E-state index is 13.3. The smallest absolute Gasteiger partial charge is 0.270 e. The molecule has 206 valence electrons. The first kappa shape index (κ1) is 27.3. The van der Waals surface area contributed by atoms with Gasteiger partial charge in [0, 0.05) is 31.5 Å². The summed E-state index contributed by atoms with van der Waals surface area (Å²) in [6.07, 6.45) is 3.46. The highest BCUT2D eigenvalue weighted by Gasteiger charge is 2.32. The summed E-state index contributed by atoms with van der Waals surface area (Å²) < 4.78 is 11.7. The molecule has 2 atom stereocenters. The number of ether oxygens (including phenoxy) is 2. The Hall–Kier alpha value is -3.23. The van der Waals surface area contributed by atoms with Crippen molar-refractivity contribution in [2.24, 2.45) is 5.92 Å². The van der Waals surface area contributed by atoms with Crippen LogP contribution in [0.2, 0.25) is 0 Å². The molecule has 7 nitrogen and oxygen atoms in total. The van der Waals surface area contributed by atoms with E-state index in [-0.39, 0.29) is 30.6 Å². The number of hydrogen-bond acceptors (Lipinski definition) is 6. The van der Waals surface area contributed by atoms with Gasteiger partial charge in [0.1, 0.15) is 23.1 Å². The van der Waals surface area contributed by atoms with Crippen LogP contribution in [0.5, 0.6) is 5.75 Å². The average Bonchev–Trinajstić information content (AvgIpc) is 3.62. The van der Waals surface area contributed by atoms with Crippen LogP contribution in [0.4, 0.5) is 0 Å². The van der Waals surface area contributed by atoms with E-state index in [1.165, 1.54) is 22.5 Å². The molecule has 3 aromatic rings. The van der Waals surface area contributed by atoms with Crippen molar-refractivity contribution in [1.29, 1.82) is 0 Å². The summed E-state index contributed by atoms with van der Waals surface area (Å²) in [5.41, 5.74) is 5.04. The molecule has 0 spiro atoms. The molecule has 2 aromatic carbocycles. The van der Waals surface area contributed by atoms with E-state index < -0.39 is 0 Å². The first-order valence-electron chi connectivity index (χ1n) is 13.8. The third-order valence-electron chi connectivity index (χ3n) is 7.30. The number of aryl methyl sites for hydroxylation is 1. The Morgan fingerprint density at radius 1 is 1.21 bits per heavy atom. The van der Waals surface area contributed by atoms with E-state index in [1.54, 1.807) is 5.38 Å². The molecule has 1 N–H and O–H groups in total. The zero-order valence-corrected chi connectivity index (χ0v) is 23.8. The van der Waals surface area contributed by atoms with Crippen molar-refractivity contribution >= 4 is 23.2 Å². The number of carbonyl (C=O) groups is 2. The molecule has 39 heavy (non-hydrogen) atoms. The van der Waals surface area contributed by atoms with E-state index in [1.807, 2.05) is 11.0 Å². The molecule has 3 heterocycles. The van der Waals surface area contributed by atoms with Gasteiger partial charge in [0.2, 0.25) is 5.91 Å². The number of hydrogen-bond donors (Lipinski definition) is 1. The SMILES string of the molecule is Cc1ccc([C@@H]2c3cc(OCc4nc(C(=O)NC[C@@H]5CCCO5)cs4)ccc3CCN2C(=O)CC(C)C)cc1. The molecule has 0 aliphatic carbocycles. The fraction of sp³-hybridized carbons (Fsp3) is 0.452. The highest BCUT2D eigenvalue weighted by molar-refractivity contribution is 7.09. The maximum Gasteiger partial charge on any atom is 0.270 e. The molecule has 1 saturated heterocycles. The van der Waals surface area contributed by atoms with Crippen molar-refractivity contribution in [2.75, 3.05) is 19.7 Å². The molecule has 2 amide bonds. The molecule has 8 heteroatoms. The molecule has 0 radical (unpaired) electrons. The summed E-state index contributed by atoms with van der Waals surface area (Å²) in [5.74, 6) is 1.02. The van der Waals surface area contributed by atoms with E-state index in [0.29, 0.717) is 31.1 Å². The number of thiazole rings is 1. The number of benzene rings is 2. The van der Waals surface area contributed by atoms with E-state index in [2.05, 4.69) is 67.5 Å². The number of aromatic nitrogens is 1. The molecular weight excluding hydrogens is 510 g/mol. The number of amides is 2. The highest BCUT2D eigenvalue weighted by atomic mass is 32.1. The minimum atomic E-state index is -0.186. The molecule has 2 aliphatic rings. The van der Waals surface area contributed by atoms with Crippen LogP contribution in [-0.4, -0.2) is 47.5 Å². The van der Waals surface area contributed by atoms with Crippen LogP contribution in [-0.2, 0) is 22.6 Å². The summed E-state index contributed by atoms with van der Waals surface area (Å²) in [6.45, 7) is 8.49. The standard InChI is InChI=1S/C31H37N3O4S/c1-20(2)15-29(35)34-13-12-22-10-11-24(16-26(22)30(34)23-8-6-21(3)7-9-23)38-18-28-33-27(19-39-28)31(36)32-17-25-5-4-14-37-25/h6-11,16,19-20,25,30H,4-5,12-15,17-18H2,1-3H3,(H,32,36)/t25-,30+/m0/s1. The lowest BCUT2D eigenvalue weighted by atomic mass is 9.87. The van der Waals surface area contributed by atoms with Crippen molar-refractivity contribution in [2.45, 2.75) is 65.2 Å². The van der Waals surface area contributed by atoms with Gasteiger partial charge in [-0.3, -0.25) is 9.59 Å². The van der Waals surface area contributed by atoms with Crippen LogP contribution < -0.4 is 10.1 Å². The predicted octanol–water partition coefficient (Wildman–Crippen LogP) is 5.46. The summed E-state index contributed by atoms with van der Waals surface area (Å²) in [6, 6.07) is 14.5. The quantitative estimate of drug-likeness (QED) is 0.385. The van der Waals surface area contributed by atoms with Gasteiger partial charge in [-0.2, -0.15) is 0 Å². The number of rotatable bonds is 9. The van der Waals surface area contributed by atoms with E-state index in [4.69, 9.17) is 9.47 Å². The lowest BCUT2D eigenvalue weighted by molar-refractivity contribution is -0.134. The van der Waals surface area contributed by atoms with E-state index in [0.717, 1.165) is 47.8 Å². The lowest BCUT2D eigenvalue weighted by Gasteiger charge is -2.38. The van der Waals surface area contributed by atoms with Gasteiger partial charge in [0.25, 0.3) is 5.91 Å². The minimum absolute atomic E-state index is 0.0970. The molecule has 0 saturated carbocycles. The van der Waals surface area contributed by atoms with Gasteiger partial charge in [-0.05, 0) is 60.9 Å². The van der Waals surface area contributed by atoms with Crippen LogP contribution >= 0.6 is 11.3 Å². The van der Waals surface area contributed by atoms with Gasteiger partial charge in [-0.15, -0.1) is 11.3 Å². The van der Waals surface area contributed by atoms with E-state index >= 15 is 0 Å². The molecule has 5 rings (SSSR count). The minimum Gasteiger partial charge on any atom is -0.486 e. The van der Waals surface area contributed by atoms with Crippen LogP contribution in [0.1, 0.15) is 76.9 Å². The third-order valence-corrected chi connectivity index (χ3v) is 8.13. The average molecular weight is 548 g/mol. The zero-order chi connectivity index (χ0) is 27.4. The second-order valence-corrected chi connectivity index (χ2v) is 11.8. The fourth-order valence-electron chi connectivity index (χ4n) is 5.26. The Labute approximate surface area is 234 Å². The largest absolute Gasteiger partial charge is 0.486 e. The number of nitrogens with zero attached hydrogens (tertiary/aromatic N) is 2. The van der Waals surface area contributed by atoms with Gasteiger partial charge < -0.3 is 19.7 Å². The van der Waals surface area contributed by atoms with Crippen LogP contribution in [0.15, 0.2) is 47.8 Å². The van der Waals surface area contributed by atoms with Crippen molar-refractivity contribution in [1.82, 2.24) is 15.2 Å². The normalized spacial score (nSPS) is 18.7.